The molecule has 2 heterocycles. The van der Waals surface area contributed by atoms with Gasteiger partial charge >= 0.3 is 48.0 Å². The van der Waals surface area contributed by atoms with Gasteiger partial charge in [0.15, 0.2) is 35.0 Å². The zero-order valence-electron chi connectivity index (χ0n) is 67.8. The molecule has 2 saturated heterocycles. The van der Waals surface area contributed by atoms with Gasteiger partial charge in [0, 0.05) is 50.4 Å². The van der Waals surface area contributed by atoms with E-state index in [1.807, 2.05) is 0 Å². The topological polar surface area (TPSA) is 449 Å². The molecule has 8 aliphatic rings. The Balaban J connectivity index is 0.000000228. The van der Waals surface area contributed by atoms with E-state index in [0.717, 1.165) is 13.8 Å². The highest BCUT2D eigenvalue weighted by Gasteiger charge is 2.80. The minimum Gasteiger partial charge on any atom is -0.456 e. The van der Waals surface area contributed by atoms with Crippen LogP contribution in [0, 0.1) is 33.5 Å². The Kier molecular flexibility index (Phi) is 24.0. The van der Waals surface area contributed by atoms with Crippen LogP contribution in [0.2, 0.25) is 0 Å². The van der Waals surface area contributed by atoms with Crippen molar-refractivity contribution in [2.45, 2.75) is 255 Å². The normalized spacial score (nSPS) is 33.7. The number of Topliss-reactive ketones (excluding diaryl/α,β-unsaturated/α-hetero) is 2. The van der Waals surface area contributed by atoms with Crippen molar-refractivity contribution in [3.63, 3.8) is 0 Å². The van der Waals surface area contributed by atoms with Crippen molar-refractivity contribution in [1.82, 2.24) is 10.6 Å². The lowest BCUT2D eigenvalue weighted by molar-refractivity contribution is -0.346. The summed E-state index contributed by atoms with van der Waals surface area (Å²) in [6, 6.07) is 29.3. The number of ketones is 2. The Hall–Kier alpha value is -9.34. The minimum atomic E-state index is -2.35. The molecule has 6 aliphatic carbocycles. The van der Waals surface area contributed by atoms with Gasteiger partial charge < -0.3 is 98.9 Å². The molecule has 0 spiro atoms. The van der Waals surface area contributed by atoms with E-state index >= 15 is 0 Å². The van der Waals surface area contributed by atoms with Crippen LogP contribution in [-0.2, 0) is 76.1 Å². The SMILES string of the molecule is CC(=O)O[C@@]12CO[C@@H]1C[C@H](O)[C@@]1(C)C(=O)[C@H](O)C3=C(C)[C@@H](OC(=O)[C@H](O)[C@@H](NC(=O)OC(C)(C)C)c4ccccc4)C[C@@](O)([C@@H](OC(=O)c4ccccc4)[C@H]21)C3(C)C.CC(=O)O[C@@]12CO[C@@H]1C[C@H](O)[C@@]1(C)C(=O)[C@H](O)C3=C(C)[C@@H](OC(=O)[C@H](O)[C@@H](NC(=O)OC(C)(C)C)c4ccccc4)C[C@@](O)([C@@H](OC(=O)c4ccccc4)[C@H]21)C3(C)C. The van der Waals surface area contributed by atoms with Gasteiger partial charge in [0.1, 0.15) is 71.2 Å². The van der Waals surface area contributed by atoms with Crippen molar-refractivity contribution in [3.8, 4) is 0 Å². The highest BCUT2D eigenvalue weighted by Crippen LogP contribution is 2.67. The highest BCUT2D eigenvalue weighted by atomic mass is 16.7. The number of nitrogens with one attached hydrogen (secondary N) is 2. The first-order chi connectivity index (χ1) is 54.0. The van der Waals surface area contributed by atoms with Crippen LogP contribution in [0.5, 0.6) is 0 Å². The molecule has 4 aromatic rings. The first-order valence-electron chi connectivity index (χ1n) is 38.7. The second-order valence-electron chi connectivity index (χ2n) is 35.1. The summed E-state index contributed by atoms with van der Waals surface area (Å²) < 4.78 is 59.0. The van der Waals surface area contributed by atoms with E-state index in [4.69, 9.17) is 47.4 Å². The van der Waals surface area contributed by atoms with Crippen LogP contribution in [0.25, 0.3) is 0 Å². The fraction of sp³-hybridized carbons (Fsp3) is 0.558. The number of hydrogen-bond donors (Lipinski definition) is 10. The molecule has 30 nitrogen and oxygen atoms in total. The van der Waals surface area contributed by atoms with Gasteiger partial charge in [-0.15, -0.1) is 0 Å². The lowest BCUT2D eigenvalue weighted by Gasteiger charge is -2.67. The van der Waals surface area contributed by atoms with Gasteiger partial charge in [0.2, 0.25) is 0 Å². The van der Waals surface area contributed by atoms with E-state index in [0.29, 0.717) is 11.1 Å². The van der Waals surface area contributed by atoms with Gasteiger partial charge in [0.05, 0.1) is 71.3 Å². The highest BCUT2D eigenvalue weighted by molar-refractivity contribution is 5.96. The van der Waals surface area contributed by atoms with Crippen LogP contribution in [0.4, 0.5) is 9.59 Å². The van der Waals surface area contributed by atoms with Crippen molar-refractivity contribution in [2.24, 2.45) is 33.5 Å². The number of alkyl carbamates (subject to hydrolysis) is 2. The molecule has 0 unspecified atom stereocenters. The summed E-state index contributed by atoms with van der Waals surface area (Å²) in [6.45, 7) is 23.6. The number of aliphatic hydroxyl groups excluding tert-OH is 6. The number of esters is 6. The summed E-state index contributed by atoms with van der Waals surface area (Å²) in [6.07, 6.45) is -23.0. The predicted octanol–water partition coefficient (Wildman–Crippen LogP) is 6.52. The van der Waals surface area contributed by atoms with Crippen LogP contribution in [0.3, 0.4) is 0 Å². The minimum absolute atomic E-state index is 0.0637. The Labute approximate surface area is 671 Å². The number of rotatable bonds is 16. The van der Waals surface area contributed by atoms with Crippen LogP contribution in [0.1, 0.15) is 180 Å². The fourth-order valence-electron chi connectivity index (χ4n) is 19.1. The van der Waals surface area contributed by atoms with Crippen LogP contribution >= 0.6 is 0 Å². The number of amides is 2. The Morgan fingerprint density at radius 2 is 0.776 bits per heavy atom. The van der Waals surface area contributed by atoms with E-state index < -0.39 is 225 Å². The molecule has 30 heteroatoms. The Morgan fingerprint density at radius 3 is 1.05 bits per heavy atom. The maximum atomic E-state index is 14.9. The van der Waals surface area contributed by atoms with Crippen molar-refractivity contribution >= 4 is 59.6 Å². The molecule has 4 saturated carbocycles. The van der Waals surface area contributed by atoms with Crippen molar-refractivity contribution < 1.29 is 136 Å². The Morgan fingerprint density at radius 1 is 0.474 bits per heavy atom. The smallest absolute Gasteiger partial charge is 0.408 e. The van der Waals surface area contributed by atoms with Crippen molar-refractivity contribution in [1.29, 1.82) is 0 Å². The largest absolute Gasteiger partial charge is 0.456 e. The van der Waals surface area contributed by atoms with Crippen LogP contribution in [0.15, 0.2) is 144 Å². The van der Waals surface area contributed by atoms with Crippen LogP contribution < -0.4 is 10.6 Å². The fourth-order valence-corrected chi connectivity index (χ4v) is 19.1. The summed E-state index contributed by atoms with van der Waals surface area (Å²) in [5.74, 6) is -10.7. The third-order valence-corrected chi connectivity index (χ3v) is 25.1. The summed E-state index contributed by atoms with van der Waals surface area (Å²) in [5.41, 5.74) is -16.3. The predicted molar refractivity (Wildman–Crippen MR) is 407 cm³/mol. The van der Waals surface area contributed by atoms with E-state index in [1.165, 1.54) is 52.0 Å². The molecule has 0 aromatic heterocycles. The lowest BCUT2D eigenvalue weighted by atomic mass is 9.44. The van der Waals surface area contributed by atoms with Crippen molar-refractivity contribution in [2.75, 3.05) is 13.2 Å². The lowest BCUT2D eigenvalue weighted by Crippen LogP contribution is -2.81. The van der Waals surface area contributed by atoms with Gasteiger partial charge in [0.25, 0.3) is 0 Å². The molecule has 116 heavy (non-hydrogen) atoms. The average Bonchev–Trinajstić information content (AvgIpc) is 0.673. The molecule has 6 fully saturated rings. The molecule has 22 atom stereocenters. The molecule has 4 aromatic carbocycles. The monoisotopic (exact) mass is 1610 g/mol. The summed E-state index contributed by atoms with van der Waals surface area (Å²) in [7, 11) is 0. The second-order valence-corrected chi connectivity index (χ2v) is 35.1. The summed E-state index contributed by atoms with van der Waals surface area (Å²) >= 11 is 0. The van der Waals surface area contributed by atoms with E-state index in [2.05, 4.69) is 10.6 Å². The number of fused-ring (bicyclic) bond motifs is 10. The second kappa shape index (κ2) is 31.8. The zero-order chi connectivity index (χ0) is 85.5. The van der Waals surface area contributed by atoms with Gasteiger partial charge in [-0.2, -0.15) is 0 Å². The van der Waals surface area contributed by atoms with Gasteiger partial charge in [-0.25, -0.2) is 28.8 Å². The van der Waals surface area contributed by atoms with E-state index in [1.54, 1.807) is 166 Å². The molecule has 10 N–H and O–H groups in total. The first-order valence-corrected chi connectivity index (χ1v) is 38.7. The number of ether oxygens (including phenoxy) is 10. The zero-order valence-corrected chi connectivity index (χ0v) is 67.8. The molecule has 4 bridgehead atoms. The number of carbonyl (C=O) groups excluding carboxylic acids is 10. The standard InChI is InChI=1S/2C43H53NO14/c2*1-22-26(55-37(51)32(48)30(24-15-11-9-12-16-24)44-38(52)58-39(3,4)5)20-43(53)35(56-36(50)25-17-13-10-14-18-25)33-41(8,34(49)31(47)29(22)40(43,6)7)27(46)19-28-42(33,21-54-28)57-23(2)45/h2*9-18,26-28,30-33,35,46-48,53H,19-21H2,1-8H3,(H,44,52)/t2*26-,27-,28+,30-,31+,32+,33-,35-,41+,42-,43+/m00/s1. The molecular weight excluding hydrogens is 1510 g/mol. The molecule has 12 rings (SSSR count). The third-order valence-electron chi connectivity index (χ3n) is 25.1. The number of benzene rings is 4. The molecule has 2 amide bonds. The van der Waals surface area contributed by atoms with Gasteiger partial charge in [-0.3, -0.25) is 19.2 Å². The van der Waals surface area contributed by atoms with E-state index in [9.17, 15) is 88.8 Å². The summed E-state index contributed by atoms with van der Waals surface area (Å²) in [4.78, 5) is 138. The first kappa shape index (κ1) is 87.5. The molecule has 628 valence electrons. The number of carbonyl (C=O) groups is 10. The molecule has 0 radical (unpaired) electrons. The quantitative estimate of drug-likeness (QED) is 0.0324. The van der Waals surface area contributed by atoms with Gasteiger partial charge in [-0.05, 0) is 127 Å². The van der Waals surface area contributed by atoms with E-state index in [-0.39, 0.29) is 59.5 Å². The number of hydrogen-bond acceptors (Lipinski definition) is 28. The average molecular weight is 1620 g/mol. The van der Waals surface area contributed by atoms with Crippen LogP contribution in [-0.4, -0.2) is 220 Å². The molecular formula is C86H106N2O28. The third kappa shape index (κ3) is 15.4. The maximum absolute atomic E-state index is 14.9. The molecule has 2 aliphatic heterocycles. The number of aliphatic hydroxyl groups is 8. The maximum Gasteiger partial charge on any atom is 0.408 e. The summed E-state index contributed by atoms with van der Waals surface area (Å²) in [5, 5.41) is 103. The van der Waals surface area contributed by atoms with Crippen molar-refractivity contribution in [3.05, 3.63) is 166 Å². The Bertz CT molecular complexity index is 4240. The van der Waals surface area contributed by atoms with Gasteiger partial charge in [-0.1, -0.05) is 125 Å².